The van der Waals surface area contributed by atoms with E-state index < -0.39 is 4.92 Å². The van der Waals surface area contributed by atoms with Gasteiger partial charge in [-0.3, -0.25) is 14.9 Å². The average molecular weight is 284 g/mol. The van der Waals surface area contributed by atoms with E-state index in [1.165, 1.54) is 6.07 Å². The summed E-state index contributed by atoms with van der Waals surface area (Å²) in [5.41, 5.74) is 2.90. The monoisotopic (exact) mass is 284 g/mol. The molecule has 1 amide bonds. The van der Waals surface area contributed by atoms with Crippen molar-refractivity contribution in [2.75, 3.05) is 0 Å². The zero-order valence-electron chi connectivity index (χ0n) is 11.9. The summed E-state index contributed by atoms with van der Waals surface area (Å²) < 4.78 is 0. The molecule has 2 rings (SSSR count). The van der Waals surface area contributed by atoms with Crippen molar-refractivity contribution < 1.29 is 9.72 Å². The van der Waals surface area contributed by atoms with Gasteiger partial charge in [0.15, 0.2) is 0 Å². The Morgan fingerprint density at radius 3 is 2.52 bits per heavy atom. The number of hydrogen-bond donors (Lipinski definition) is 1. The van der Waals surface area contributed by atoms with Crippen molar-refractivity contribution in [2.24, 2.45) is 0 Å². The molecule has 0 bridgehead atoms. The van der Waals surface area contributed by atoms with Crippen LogP contribution in [0.5, 0.6) is 0 Å². The van der Waals surface area contributed by atoms with Crippen molar-refractivity contribution in [3.05, 3.63) is 74.8 Å². The second-order valence-corrected chi connectivity index (χ2v) is 4.87. The van der Waals surface area contributed by atoms with Gasteiger partial charge in [-0.05, 0) is 31.0 Å². The third kappa shape index (κ3) is 3.45. The maximum Gasteiger partial charge on any atom is 0.273 e. The van der Waals surface area contributed by atoms with Crippen molar-refractivity contribution in [1.82, 2.24) is 5.32 Å². The molecule has 1 N–H and O–H groups in total. The van der Waals surface area contributed by atoms with Crippen molar-refractivity contribution in [2.45, 2.75) is 20.4 Å². The Labute approximate surface area is 122 Å². The van der Waals surface area contributed by atoms with Crippen LogP contribution in [0.3, 0.4) is 0 Å². The molecule has 0 atom stereocenters. The zero-order valence-corrected chi connectivity index (χ0v) is 11.9. The SMILES string of the molecule is Cc1ccccc1CNC(=O)c1ccc(C)c([N+](=O)[O-])c1. The number of aryl methyl sites for hydroxylation is 2. The molecule has 0 aliphatic heterocycles. The number of hydrogen-bond acceptors (Lipinski definition) is 3. The number of nitrogens with one attached hydrogen (secondary N) is 1. The third-order valence-electron chi connectivity index (χ3n) is 3.37. The maximum atomic E-state index is 12.1. The summed E-state index contributed by atoms with van der Waals surface area (Å²) >= 11 is 0. The molecule has 5 nitrogen and oxygen atoms in total. The minimum atomic E-state index is -0.479. The lowest BCUT2D eigenvalue weighted by Crippen LogP contribution is -2.23. The zero-order chi connectivity index (χ0) is 15.4. The number of benzene rings is 2. The largest absolute Gasteiger partial charge is 0.348 e. The Hall–Kier alpha value is -2.69. The number of nitro benzene ring substituents is 1. The standard InChI is InChI=1S/C16H16N2O3/c1-11-5-3-4-6-14(11)10-17-16(19)13-8-7-12(2)15(9-13)18(20)21/h3-9H,10H2,1-2H3,(H,17,19). The summed E-state index contributed by atoms with van der Waals surface area (Å²) in [6.07, 6.45) is 0. The van der Waals surface area contributed by atoms with E-state index in [0.717, 1.165) is 11.1 Å². The molecule has 0 saturated heterocycles. The number of carbonyl (C=O) groups is 1. The molecular weight excluding hydrogens is 268 g/mol. The van der Waals surface area contributed by atoms with Crippen LogP contribution in [0.1, 0.15) is 27.0 Å². The Bertz CT molecular complexity index is 696. The van der Waals surface area contributed by atoms with Gasteiger partial charge in [-0.15, -0.1) is 0 Å². The summed E-state index contributed by atoms with van der Waals surface area (Å²) in [5.74, 6) is -0.318. The number of nitrogens with zero attached hydrogens (tertiary/aromatic N) is 1. The van der Waals surface area contributed by atoms with Gasteiger partial charge in [-0.2, -0.15) is 0 Å². The fraction of sp³-hybridized carbons (Fsp3) is 0.188. The summed E-state index contributed by atoms with van der Waals surface area (Å²) in [5, 5.41) is 13.7. The molecule has 0 radical (unpaired) electrons. The molecule has 0 aliphatic carbocycles. The third-order valence-corrected chi connectivity index (χ3v) is 3.37. The first kappa shape index (κ1) is 14.7. The molecular formula is C16H16N2O3. The van der Waals surface area contributed by atoms with Gasteiger partial charge in [-0.25, -0.2) is 0 Å². The molecule has 0 heterocycles. The molecule has 0 fully saturated rings. The van der Waals surface area contributed by atoms with Crippen LogP contribution in [0.15, 0.2) is 42.5 Å². The van der Waals surface area contributed by atoms with Crippen LogP contribution in [0.2, 0.25) is 0 Å². The van der Waals surface area contributed by atoms with E-state index in [2.05, 4.69) is 5.32 Å². The highest BCUT2D eigenvalue weighted by molar-refractivity contribution is 5.94. The number of carbonyl (C=O) groups excluding carboxylic acids is 1. The van der Waals surface area contributed by atoms with Crippen molar-refractivity contribution >= 4 is 11.6 Å². The second-order valence-electron chi connectivity index (χ2n) is 4.87. The average Bonchev–Trinajstić information content (AvgIpc) is 2.46. The van der Waals surface area contributed by atoms with Crippen LogP contribution >= 0.6 is 0 Å². The van der Waals surface area contributed by atoms with Crippen molar-refractivity contribution in [3.8, 4) is 0 Å². The fourth-order valence-corrected chi connectivity index (χ4v) is 2.03. The molecule has 21 heavy (non-hydrogen) atoms. The van der Waals surface area contributed by atoms with E-state index in [1.807, 2.05) is 31.2 Å². The molecule has 108 valence electrons. The summed E-state index contributed by atoms with van der Waals surface area (Å²) in [4.78, 5) is 22.5. The van der Waals surface area contributed by atoms with E-state index in [0.29, 0.717) is 17.7 Å². The van der Waals surface area contributed by atoms with Crippen LogP contribution in [-0.4, -0.2) is 10.8 Å². The lowest BCUT2D eigenvalue weighted by molar-refractivity contribution is -0.385. The molecule has 0 aromatic heterocycles. The molecule has 0 unspecified atom stereocenters. The van der Waals surface area contributed by atoms with Crippen LogP contribution < -0.4 is 5.32 Å². The Kier molecular flexibility index (Phi) is 4.33. The first-order valence-electron chi connectivity index (χ1n) is 6.57. The molecule has 0 spiro atoms. The minimum Gasteiger partial charge on any atom is -0.348 e. The van der Waals surface area contributed by atoms with E-state index in [9.17, 15) is 14.9 Å². The van der Waals surface area contributed by atoms with Gasteiger partial charge in [0, 0.05) is 23.7 Å². The van der Waals surface area contributed by atoms with E-state index in [4.69, 9.17) is 0 Å². The van der Waals surface area contributed by atoms with Gasteiger partial charge in [0.1, 0.15) is 0 Å². The predicted octanol–water partition coefficient (Wildman–Crippen LogP) is 3.14. The van der Waals surface area contributed by atoms with E-state index in [-0.39, 0.29) is 11.6 Å². The number of nitro groups is 1. The van der Waals surface area contributed by atoms with Gasteiger partial charge >= 0.3 is 0 Å². The summed E-state index contributed by atoms with van der Waals surface area (Å²) in [7, 11) is 0. The van der Waals surface area contributed by atoms with Gasteiger partial charge in [-0.1, -0.05) is 30.3 Å². The first-order chi connectivity index (χ1) is 9.99. The lowest BCUT2D eigenvalue weighted by atomic mass is 10.1. The Morgan fingerprint density at radius 2 is 1.86 bits per heavy atom. The molecule has 0 aliphatic rings. The van der Waals surface area contributed by atoms with Crippen LogP contribution in [0, 0.1) is 24.0 Å². The van der Waals surface area contributed by atoms with Gasteiger partial charge in [0.05, 0.1) is 4.92 Å². The quantitative estimate of drug-likeness (QED) is 0.692. The molecule has 0 saturated carbocycles. The van der Waals surface area contributed by atoms with Crippen LogP contribution in [0.4, 0.5) is 5.69 Å². The molecule has 2 aromatic rings. The van der Waals surface area contributed by atoms with Gasteiger partial charge < -0.3 is 5.32 Å². The Morgan fingerprint density at radius 1 is 1.14 bits per heavy atom. The van der Waals surface area contributed by atoms with Crippen molar-refractivity contribution in [1.29, 1.82) is 0 Å². The van der Waals surface area contributed by atoms with E-state index in [1.54, 1.807) is 19.1 Å². The van der Waals surface area contributed by atoms with E-state index >= 15 is 0 Å². The Balaban J connectivity index is 2.12. The summed E-state index contributed by atoms with van der Waals surface area (Å²) in [6, 6.07) is 12.2. The minimum absolute atomic E-state index is 0.0430. The number of amides is 1. The van der Waals surface area contributed by atoms with Gasteiger partial charge in [0.25, 0.3) is 11.6 Å². The second kappa shape index (κ2) is 6.17. The molecule has 2 aromatic carbocycles. The normalized spacial score (nSPS) is 10.2. The fourth-order valence-electron chi connectivity index (χ4n) is 2.03. The highest BCUT2D eigenvalue weighted by Gasteiger charge is 2.14. The topological polar surface area (TPSA) is 72.2 Å². The predicted molar refractivity (Wildman–Crippen MR) is 80.2 cm³/mol. The van der Waals surface area contributed by atoms with Crippen LogP contribution in [0.25, 0.3) is 0 Å². The lowest BCUT2D eigenvalue weighted by Gasteiger charge is -2.08. The number of rotatable bonds is 4. The summed E-state index contributed by atoms with van der Waals surface area (Å²) in [6.45, 7) is 4.01. The smallest absolute Gasteiger partial charge is 0.273 e. The first-order valence-corrected chi connectivity index (χ1v) is 6.57. The highest BCUT2D eigenvalue weighted by Crippen LogP contribution is 2.19. The van der Waals surface area contributed by atoms with Crippen LogP contribution in [-0.2, 0) is 6.54 Å². The molecule has 5 heteroatoms. The maximum absolute atomic E-state index is 12.1. The highest BCUT2D eigenvalue weighted by atomic mass is 16.6. The van der Waals surface area contributed by atoms with Crippen molar-refractivity contribution in [3.63, 3.8) is 0 Å². The van der Waals surface area contributed by atoms with Gasteiger partial charge in [0.2, 0.25) is 0 Å².